The minimum Gasteiger partial charge on any atom is -0.497 e. The van der Waals surface area contributed by atoms with Crippen LogP contribution in [0, 0.1) is 12.7 Å². The van der Waals surface area contributed by atoms with Crippen LogP contribution in [-0.4, -0.2) is 30.0 Å². The van der Waals surface area contributed by atoms with Crippen molar-refractivity contribution in [3.05, 3.63) is 101 Å². The molecule has 156 valence electrons. The van der Waals surface area contributed by atoms with E-state index in [0.29, 0.717) is 0 Å². The van der Waals surface area contributed by atoms with Crippen molar-refractivity contribution in [3.8, 4) is 5.75 Å². The molecule has 1 atom stereocenters. The first-order chi connectivity index (χ1) is 14.6. The van der Waals surface area contributed by atoms with Crippen molar-refractivity contribution in [2.45, 2.75) is 32.6 Å². The van der Waals surface area contributed by atoms with Crippen LogP contribution >= 0.6 is 0 Å². The molecule has 1 fully saturated rings. The smallest absolute Gasteiger partial charge is 0.123 e. The first kappa shape index (κ1) is 20.6. The van der Waals surface area contributed by atoms with Gasteiger partial charge in [-0.3, -0.25) is 9.80 Å². The van der Waals surface area contributed by atoms with Gasteiger partial charge in [0.05, 0.1) is 13.3 Å². The monoisotopic (exact) mass is 404 g/mol. The minimum atomic E-state index is -0.192. The summed E-state index contributed by atoms with van der Waals surface area (Å²) < 4.78 is 18.9. The quantitative estimate of drug-likeness (QED) is 0.536. The molecule has 1 aliphatic heterocycles. The summed E-state index contributed by atoms with van der Waals surface area (Å²) in [5.41, 5.74) is 4.95. The van der Waals surface area contributed by atoms with E-state index >= 15 is 0 Å². The Morgan fingerprint density at radius 2 is 1.47 bits per heavy atom. The molecule has 4 heteroatoms. The second-order valence-electron chi connectivity index (χ2n) is 8.06. The summed E-state index contributed by atoms with van der Waals surface area (Å²) in [5, 5.41) is 0. The fourth-order valence-corrected chi connectivity index (χ4v) is 4.26. The van der Waals surface area contributed by atoms with Crippen molar-refractivity contribution in [3.63, 3.8) is 0 Å². The van der Waals surface area contributed by atoms with Crippen LogP contribution < -0.4 is 4.74 Å². The Morgan fingerprint density at radius 1 is 0.867 bits per heavy atom. The zero-order chi connectivity index (χ0) is 20.9. The third-order valence-electron chi connectivity index (χ3n) is 5.78. The van der Waals surface area contributed by atoms with Crippen LogP contribution in [0.3, 0.4) is 0 Å². The van der Waals surface area contributed by atoms with Gasteiger partial charge in [0.1, 0.15) is 11.6 Å². The van der Waals surface area contributed by atoms with Gasteiger partial charge in [-0.1, -0.05) is 54.1 Å². The summed E-state index contributed by atoms with van der Waals surface area (Å²) in [6.45, 7) is 5.84. The Morgan fingerprint density at radius 3 is 2.07 bits per heavy atom. The number of hydrogen-bond acceptors (Lipinski definition) is 3. The average molecular weight is 405 g/mol. The number of benzene rings is 3. The summed E-state index contributed by atoms with van der Waals surface area (Å²) in [6.07, 6.45) is 1.24. The number of methoxy groups -OCH3 is 1. The molecule has 3 aromatic rings. The summed E-state index contributed by atoms with van der Waals surface area (Å²) in [4.78, 5) is 5.02. The molecule has 0 amide bonds. The third kappa shape index (κ3) is 4.89. The summed E-state index contributed by atoms with van der Waals surface area (Å²) in [7, 11) is 1.71. The van der Waals surface area contributed by atoms with Crippen LogP contribution in [0.1, 0.15) is 34.8 Å². The van der Waals surface area contributed by atoms with Gasteiger partial charge >= 0.3 is 0 Å². The topological polar surface area (TPSA) is 15.7 Å². The van der Waals surface area contributed by atoms with Crippen LogP contribution in [0.25, 0.3) is 0 Å². The van der Waals surface area contributed by atoms with Crippen LogP contribution in [0.4, 0.5) is 4.39 Å². The van der Waals surface area contributed by atoms with E-state index in [0.717, 1.165) is 43.9 Å². The molecule has 4 rings (SSSR count). The molecule has 30 heavy (non-hydrogen) atoms. The van der Waals surface area contributed by atoms with Gasteiger partial charge in [0, 0.05) is 26.2 Å². The van der Waals surface area contributed by atoms with Crippen molar-refractivity contribution >= 4 is 0 Å². The Balaban J connectivity index is 1.64. The zero-order valence-corrected chi connectivity index (χ0v) is 17.7. The molecule has 0 N–H and O–H groups in total. The van der Waals surface area contributed by atoms with Gasteiger partial charge in [-0.25, -0.2) is 4.39 Å². The number of nitrogens with zero attached hydrogens (tertiary/aromatic N) is 2. The van der Waals surface area contributed by atoms with Gasteiger partial charge in [0.2, 0.25) is 0 Å². The Kier molecular flexibility index (Phi) is 6.46. The lowest BCUT2D eigenvalue weighted by Gasteiger charge is -2.44. The second kappa shape index (κ2) is 9.41. The zero-order valence-electron chi connectivity index (χ0n) is 17.7. The van der Waals surface area contributed by atoms with E-state index in [2.05, 4.69) is 59.2 Å². The highest BCUT2D eigenvalue weighted by Gasteiger charge is 2.31. The summed E-state index contributed by atoms with van der Waals surface area (Å²) >= 11 is 0. The van der Waals surface area contributed by atoms with E-state index in [9.17, 15) is 4.39 Å². The molecule has 0 bridgehead atoms. The lowest BCUT2D eigenvalue weighted by atomic mass is 10.0. The molecule has 0 saturated carbocycles. The molecule has 1 aliphatic rings. The van der Waals surface area contributed by atoms with E-state index in [4.69, 9.17) is 4.74 Å². The van der Waals surface area contributed by atoms with E-state index in [-0.39, 0.29) is 12.0 Å². The molecule has 0 aromatic heterocycles. The molecule has 3 nitrogen and oxygen atoms in total. The summed E-state index contributed by atoms with van der Waals surface area (Å²) in [5.74, 6) is 0.679. The Hall–Kier alpha value is -2.69. The van der Waals surface area contributed by atoms with Crippen LogP contribution in [0.2, 0.25) is 0 Å². The fourth-order valence-electron chi connectivity index (χ4n) is 4.26. The lowest BCUT2D eigenvalue weighted by molar-refractivity contribution is -0.00919. The number of aryl methyl sites for hydroxylation is 1. The molecular formula is C26H29FN2O. The van der Waals surface area contributed by atoms with Crippen molar-refractivity contribution in [2.24, 2.45) is 0 Å². The lowest BCUT2D eigenvalue weighted by Crippen LogP contribution is -2.46. The number of halogens is 1. The highest BCUT2D eigenvalue weighted by molar-refractivity contribution is 5.31. The highest BCUT2D eigenvalue weighted by atomic mass is 19.1. The molecule has 0 aliphatic carbocycles. The van der Waals surface area contributed by atoms with Crippen LogP contribution in [-0.2, 0) is 13.1 Å². The first-order valence-corrected chi connectivity index (χ1v) is 10.5. The molecule has 1 heterocycles. The van der Waals surface area contributed by atoms with Gasteiger partial charge in [-0.05, 0) is 54.3 Å². The molecule has 0 spiro atoms. The van der Waals surface area contributed by atoms with Crippen molar-refractivity contribution in [1.82, 2.24) is 9.80 Å². The first-order valence-electron chi connectivity index (χ1n) is 10.5. The fraction of sp³-hybridized carbons (Fsp3) is 0.308. The van der Waals surface area contributed by atoms with Gasteiger partial charge < -0.3 is 4.74 Å². The van der Waals surface area contributed by atoms with E-state index in [1.165, 1.54) is 16.7 Å². The summed E-state index contributed by atoms with van der Waals surface area (Å²) in [6, 6.07) is 24.0. The Labute approximate surface area is 178 Å². The van der Waals surface area contributed by atoms with Crippen molar-refractivity contribution < 1.29 is 9.13 Å². The third-order valence-corrected chi connectivity index (χ3v) is 5.78. The normalized spacial score (nSPS) is 17.8. The number of rotatable bonds is 6. The highest BCUT2D eigenvalue weighted by Crippen LogP contribution is 2.33. The molecular weight excluding hydrogens is 375 g/mol. The van der Waals surface area contributed by atoms with Gasteiger partial charge in [-0.15, -0.1) is 0 Å². The van der Waals surface area contributed by atoms with E-state index < -0.39 is 0 Å². The standard InChI is InChI=1S/C26H29FN2O/c1-20-7-9-21(10-8-20)18-28-15-4-16-29(19-22-11-13-24(27)14-12-22)26(28)23-5-3-6-25(17-23)30-2/h3,5-14,17,26H,4,15-16,18-19H2,1-2H3/t26-/m0/s1. The SMILES string of the molecule is COc1cccc([C@H]2N(Cc3ccc(C)cc3)CCCN2Cc2ccc(F)cc2)c1. The van der Waals surface area contributed by atoms with Gasteiger partial charge in [-0.2, -0.15) is 0 Å². The second-order valence-corrected chi connectivity index (χ2v) is 8.06. The maximum absolute atomic E-state index is 13.4. The predicted octanol–water partition coefficient (Wildman–Crippen LogP) is 5.55. The van der Waals surface area contributed by atoms with Crippen LogP contribution in [0.5, 0.6) is 5.75 Å². The minimum absolute atomic E-state index is 0.139. The van der Waals surface area contributed by atoms with E-state index in [1.807, 2.05) is 18.2 Å². The predicted molar refractivity (Wildman–Crippen MR) is 119 cm³/mol. The number of ether oxygens (including phenoxy) is 1. The molecule has 1 saturated heterocycles. The maximum atomic E-state index is 13.4. The Bertz CT molecular complexity index is 900. The maximum Gasteiger partial charge on any atom is 0.123 e. The molecule has 0 radical (unpaired) electrons. The largest absolute Gasteiger partial charge is 0.497 e. The van der Waals surface area contributed by atoms with Crippen LogP contribution in [0.15, 0.2) is 72.8 Å². The average Bonchev–Trinajstić information content (AvgIpc) is 2.77. The van der Waals surface area contributed by atoms with E-state index in [1.54, 1.807) is 19.2 Å². The van der Waals surface area contributed by atoms with Crippen molar-refractivity contribution in [2.75, 3.05) is 20.2 Å². The number of hydrogen-bond donors (Lipinski definition) is 0. The molecule has 0 unspecified atom stereocenters. The van der Waals surface area contributed by atoms with Gasteiger partial charge in [0.15, 0.2) is 0 Å². The van der Waals surface area contributed by atoms with Gasteiger partial charge in [0.25, 0.3) is 0 Å². The molecule has 3 aromatic carbocycles. The van der Waals surface area contributed by atoms with Crippen molar-refractivity contribution in [1.29, 1.82) is 0 Å².